The molecule has 72 valence electrons. The van der Waals surface area contributed by atoms with E-state index >= 15 is 0 Å². The van der Waals surface area contributed by atoms with Crippen molar-refractivity contribution in [2.75, 3.05) is 0 Å². The van der Waals surface area contributed by atoms with Gasteiger partial charge >= 0.3 is 0 Å². The van der Waals surface area contributed by atoms with Gasteiger partial charge in [0.2, 0.25) is 0 Å². The Morgan fingerprint density at radius 2 is 1.92 bits per heavy atom. The van der Waals surface area contributed by atoms with Gasteiger partial charge in [-0.3, -0.25) is 0 Å². The number of benzene rings is 1. The molecule has 2 heteroatoms. The van der Waals surface area contributed by atoms with Crippen LogP contribution in [0.4, 0.5) is 0 Å². The summed E-state index contributed by atoms with van der Waals surface area (Å²) in [6.45, 7) is 1.94. The van der Waals surface area contributed by atoms with Crippen molar-refractivity contribution in [3.05, 3.63) is 35.9 Å². The highest BCUT2D eigenvalue weighted by Crippen LogP contribution is 2.05. The maximum atomic E-state index is 9.46. The first-order chi connectivity index (χ1) is 6.24. The Morgan fingerprint density at radius 3 is 2.46 bits per heavy atom. The van der Waals surface area contributed by atoms with E-state index in [-0.39, 0.29) is 12.1 Å². The summed E-state index contributed by atoms with van der Waals surface area (Å²) in [6.07, 6.45) is 1.07. The lowest BCUT2D eigenvalue weighted by molar-refractivity contribution is 0.140. The molecule has 0 amide bonds. The van der Waals surface area contributed by atoms with Crippen LogP contribution >= 0.6 is 0 Å². The second-order valence-electron chi connectivity index (χ2n) is 3.33. The van der Waals surface area contributed by atoms with Crippen molar-refractivity contribution in [3.63, 3.8) is 0 Å². The van der Waals surface area contributed by atoms with Crippen molar-refractivity contribution in [2.45, 2.75) is 31.9 Å². The lowest BCUT2D eigenvalue weighted by Crippen LogP contribution is -2.36. The van der Waals surface area contributed by atoms with E-state index < -0.39 is 0 Å². The highest BCUT2D eigenvalue weighted by molar-refractivity contribution is 5.16. The predicted octanol–water partition coefficient (Wildman–Crippen LogP) is 1.33. The number of nitrogens with two attached hydrogens (primary N) is 1. The summed E-state index contributed by atoms with van der Waals surface area (Å²) in [5.41, 5.74) is 6.99. The first-order valence-corrected chi connectivity index (χ1v) is 4.71. The zero-order valence-corrected chi connectivity index (χ0v) is 7.98. The van der Waals surface area contributed by atoms with Crippen molar-refractivity contribution in [1.29, 1.82) is 0 Å². The van der Waals surface area contributed by atoms with Crippen molar-refractivity contribution in [3.8, 4) is 0 Å². The molecular formula is C11H17NO. The topological polar surface area (TPSA) is 46.2 Å². The third-order valence-electron chi connectivity index (χ3n) is 2.23. The third-order valence-corrected chi connectivity index (χ3v) is 2.23. The van der Waals surface area contributed by atoms with Gasteiger partial charge in [-0.25, -0.2) is 0 Å². The molecule has 0 saturated carbocycles. The van der Waals surface area contributed by atoms with Crippen LogP contribution in [0.3, 0.4) is 0 Å². The summed E-state index contributed by atoms with van der Waals surface area (Å²) in [7, 11) is 0. The molecule has 0 fully saturated rings. The summed E-state index contributed by atoms with van der Waals surface area (Å²) >= 11 is 0. The van der Waals surface area contributed by atoms with E-state index in [4.69, 9.17) is 5.73 Å². The van der Waals surface area contributed by atoms with Crippen LogP contribution < -0.4 is 5.73 Å². The average molecular weight is 179 g/mol. The number of hydrogen-bond acceptors (Lipinski definition) is 2. The minimum absolute atomic E-state index is 0.146. The molecule has 0 saturated heterocycles. The van der Waals surface area contributed by atoms with E-state index in [0.717, 1.165) is 6.42 Å². The molecular weight excluding hydrogens is 162 g/mol. The van der Waals surface area contributed by atoms with Crippen molar-refractivity contribution in [2.24, 2.45) is 5.73 Å². The minimum Gasteiger partial charge on any atom is -0.392 e. The first-order valence-electron chi connectivity index (χ1n) is 4.71. The molecule has 0 bridgehead atoms. The van der Waals surface area contributed by atoms with Crippen molar-refractivity contribution < 1.29 is 5.11 Å². The van der Waals surface area contributed by atoms with E-state index in [9.17, 15) is 5.11 Å². The van der Waals surface area contributed by atoms with Gasteiger partial charge in [0.05, 0.1) is 6.10 Å². The molecule has 2 nitrogen and oxygen atoms in total. The van der Waals surface area contributed by atoms with E-state index in [1.54, 1.807) is 0 Å². The Kier molecular flexibility index (Phi) is 3.93. The molecule has 2 atom stereocenters. The fraction of sp³-hybridized carbons (Fsp3) is 0.455. The van der Waals surface area contributed by atoms with Crippen LogP contribution in [0.5, 0.6) is 0 Å². The highest BCUT2D eigenvalue weighted by atomic mass is 16.3. The summed E-state index contributed by atoms with van der Waals surface area (Å²) < 4.78 is 0. The Labute approximate surface area is 79.4 Å². The molecule has 0 heterocycles. The molecule has 0 unspecified atom stereocenters. The van der Waals surface area contributed by atoms with Gasteiger partial charge in [-0.1, -0.05) is 37.3 Å². The SMILES string of the molecule is CC[C@H](O)[C@H](N)Cc1ccccc1. The largest absolute Gasteiger partial charge is 0.392 e. The molecule has 1 aromatic rings. The molecule has 0 radical (unpaired) electrons. The number of rotatable bonds is 4. The second kappa shape index (κ2) is 5.00. The van der Waals surface area contributed by atoms with Crippen LogP contribution in [0.25, 0.3) is 0 Å². The van der Waals surface area contributed by atoms with Gasteiger partial charge in [-0.05, 0) is 18.4 Å². The minimum atomic E-state index is -0.389. The molecule has 0 aliphatic rings. The van der Waals surface area contributed by atoms with Crippen LogP contribution in [-0.4, -0.2) is 17.3 Å². The summed E-state index contributed by atoms with van der Waals surface area (Å²) in [5, 5.41) is 9.46. The lowest BCUT2D eigenvalue weighted by Gasteiger charge is -2.16. The molecule has 3 N–H and O–H groups in total. The van der Waals surface area contributed by atoms with Crippen molar-refractivity contribution in [1.82, 2.24) is 0 Å². The maximum Gasteiger partial charge on any atom is 0.0691 e. The van der Waals surface area contributed by atoms with Gasteiger partial charge in [-0.2, -0.15) is 0 Å². The van der Waals surface area contributed by atoms with Crippen LogP contribution in [0.2, 0.25) is 0 Å². The maximum absolute atomic E-state index is 9.46. The van der Waals surface area contributed by atoms with Gasteiger partial charge in [-0.15, -0.1) is 0 Å². The second-order valence-corrected chi connectivity index (χ2v) is 3.33. The Bertz CT molecular complexity index is 235. The number of hydrogen-bond donors (Lipinski definition) is 2. The molecule has 13 heavy (non-hydrogen) atoms. The fourth-order valence-electron chi connectivity index (χ4n) is 1.33. The lowest BCUT2D eigenvalue weighted by atomic mass is 10.0. The summed E-state index contributed by atoms with van der Waals surface area (Å²) in [6, 6.07) is 9.86. The summed E-state index contributed by atoms with van der Waals surface area (Å²) in [4.78, 5) is 0. The van der Waals surface area contributed by atoms with Gasteiger partial charge < -0.3 is 10.8 Å². The predicted molar refractivity (Wildman–Crippen MR) is 54.4 cm³/mol. The van der Waals surface area contributed by atoms with Gasteiger partial charge in [0.1, 0.15) is 0 Å². The van der Waals surface area contributed by atoms with Crippen LogP contribution in [0.15, 0.2) is 30.3 Å². The Hall–Kier alpha value is -0.860. The van der Waals surface area contributed by atoms with Crippen LogP contribution in [0.1, 0.15) is 18.9 Å². The van der Waals surface area contributed by atoms with Gasteiger partial charge in [0.25, 0.3) is 0 Å². The van der Waals surface area contributed by atoms with E-state index in [1.807, 2.05) is 37.3 Å². The molecule has 1 aromatic carbocycles. The molecule has 1 rings (SSSR count). The molecule has 0 spiro atoms. The van der Waals surface area contributed by atoms with Crippen LogP contribution in [-0.2, 0) is 6.42 Å². The smallest absolute Gasteiger partial charge is 0.0691 e. The van der Waals surface area contributed by atoms with Gasteiger partial charge in [0.15, 0.2) is 0 Å². The zero-order valence-electron chi connectivity index (χ0n) is 7.98. The van der Waals surface area contributed by atoms with E-state index in [1.165, 1.54) is 5.56 Å². The van der Waals surface area contributed by atoms with E-state index in [2.05, 4.69) is 0 Å². The normalized spacial score (nSPS) is 15.3. The Morgan fingerprint density at radius 1 is 1.31 bits per heavy atom. The zero-order chi connectivity index (χ0) is 9.68. The number of aliphatic hydroxyl groups is 1. The molecule has 0 aromatic heterocycles. The Balaban J connectivity index is 2.50. The number of aliphatic hydroxyl groups excluding tert-OH is 1. The average Bonchev–Trinajstić information content (AvgIpc) is 2.18. The third kappa shape index (κ3) is 3.17. The fourth-order valence-corrected chi connectivity index (χ4v) is 1.33. The molecule has 0 aliphatic heterocycles. The van der Waals surface area contributed by atoms with Gasteiger partial charge in [0, 0.05) is 6.04 Å². The first kappa shape index (κ1) is 10.2. The van der Waals surface area contributed by atoms with Crippen LogP contribution in [0, 0.1) is 0 Å². The van der Waals surface area contributed by atoms with E-state index in [0.29, 0.717) is 6.42 Å². The highest BCUT2D eigenvalue weighted by Gasteiger charge is 2.12. The summed E-state index contributed by atoms with van der Waals surface area (Å²) in [5.74, 6) is 0. The molecule has 0 aliphatic carbocycles. The monoisotopic (exact) mass is 179 g/mol. The quantitative estimate of drug-likeness (QED) is 0.732. The van der Waals surface area contributed by atoms with Crippen molar-refractivity contribution >= 4 is 0 Å². The standard InChI is InChI=1S/C11H17NO/c1-2-11(13)10(12)8-9-6-4-3-5-7-9/h3-7,10-11,13H,2,8,12H2,1H3/t10-,11+/m1/s1.